The minimum absolute atomic E-state index is 0.308. The number of hydrogen-bond acceptors (Lipinski definition) is 7. The van der Waals surface area contributed by atoms with Crippen LogP contribution in [0.5, 0.6) is 0 Å². The fraction of sp³-hybridized carbons (Fsp3) is 0.316. The Morgan fingerprint density at radius 2 is 1.76 bits per heavy atom. The van der Waals surface area contributed by atoms with Gasteiger partial charge in [-0.2, -0.15) is 13.2 Å². The van der Waals surface area contributed by atoms with Crippen molar-refractivity contribution in [2.45, 2.75) is 6.18 Å². The van der Waals surface area contributed by atoms with Gasteiger partial charge in [-0.15, -0.1) is 0 Å². The highest BCUT2D eigenvalue weighted by atomic mass is 19.4. The van der Waals surface area contributed by atoms with E-state index >= 15 is 0 Å². The highest BCUT2D eigenvalue weighted by Gasteiger charge is 2.30. The average Bonchev–Trinajstić information content (AvgIpc) is 2.73. The van der Waals surface area contributed by atoms with Gasteiger partial charge in [-0.1, -0.05) is 0 Å². The Hall–Kier alpha value is -3.14. The maximum Gasteiger partial charge on any atom is 0.416 e. The van der Waals surface area contributed by atoms with Crippen LogP contribution >= 0.6 is 0 Å². The molecule has 2 aromatic rings. The van der Waals surface area contributed by atoms with Crippen molar-refractivity contribution < 1.29 is 23.1 Å². The van der Waals surface area contributed by atoms with Crippen molar-refractivity contribution >= 4 is 23.6 Å². The molecule has 1 fully saturated rings. The van der Waals surface area contributed by atoms with Gasteiger partial charge in [0, 0.05) is 56.0 Å². The molecule has 10 heteroatoms. The molecule has 0 atom stereocenters. The molecular weight excluding hydrogens is 387 g/mol. The number of aliphatic hydroxyl groups is 1. The van der Waals surface area contributed by atoms with E-state index in [2.05, 4.69) is 15.3 Å². The number of aliphatic hydroxyl groups excluding tert-OH is 1. The Labute approximate surface area is 165 Å². The monoisotopic (exact) mass is 407 g/mol. The Bertz CT molecular complexity index is 863. The molecule has 1 aromatic carbocycles. The van der Waals surface area contributed by atoms with Crippen LogP contribution in [0.25, 0.3) is 0 Å². The van der Waals surface area contributed by atoms with Gasteiger partial charge in [0.15, 0.2) is 11.6 Å². The number of anilines is 3. The molecular formula is C19H20F3N5O2. The number of hydrogen-bond donors (Lipinski definition) is 2. The minimum atomic E-state index is -4.38. The molecule has 3 rings (SSSR count). The molecule has 0 unspecified atom stereocenters. The predicted octanol–water partition coefficient (Wildman–Crippen LogP) is 2.44. The first-order chi connectivity index (χ1) is 13.9. The number of carbonyl (C=O) groups is 1. The topological polar surface area (TPSA) is 81.6 Å². The van der Waals surface area contributed by atoms with Crippen LogP contribution in [0.3, 0.4) is 0 Å². The number of aromatic nitrogens is 2. The Morgan fingerprint density at radius 3 is 2.34 bits per heavy atom. The lowest BCUT2D eigenvalue weighted by Crippen LogP contribution is -2.45. The van der Waals surface area contributed by atoms with Gasteiger partial charge in [-0.05, 0) is 24.3 Å². The van der Waals surface area contributed by atoms with E-state index in [9.17, 15) is 18.0 Å². The summed E-state index contributed by atoms with van der Waals surface area (Å²) in [7, 11) is 0. The molecule has 0 saturated carbocycles. The van der Waals surface area contributed by atoms with Gasteiger partial charge in [0.25, 0.3) is 0 Å². The zero-order valence-electron chi connectivity index (χ0n) is 15.4. The van der Waals surface area contributed by atoms with Crippen LogP contribution in [0.2, 0.25) is 0 Å². The molecule has 2 N–H and O–H groups in total. The second-order valence-electron chi connectivity index (χ2n) is 6.43. The third-order valence-corrected chi connectivity index (χ3v) is 4.45. The summed E-state index contributed by atoms with van der Waals surface area (Å²) in [5.74, 6) is 1.04. The first-order valence-corrected chi connectivity index (χ1v) is 8.91. The van der Waals surface area contributed by atoms with E-state index in [4.69, 9.17) is 5.11 Å². The predicted molar refractivity (Wildman–Crippen MR) is 102 cm³/mol. The van der Waals surface area contributed by atoms with Crippen molar-refractivity contribution in [1.82, 2.24) is 14.9 Å². The summed E-state index contributed by atoms with van der Waals surface area (Å²) < 4.78 is 38.2. The number of nitrogens with one attached hydrogen (secondary N) is 1. The van der Waals surface area contributed by atoms with Crippen LogP contribution in [0, 0.1) is 0 Å². The Balaban J connectivity index is 1.70. The summed E-state index contributed by atoms with van der Waals surface area (Å²) in [4.78, 5) is 23.4. The number of nitrogens with zero attached hydrogens (tertiary/aromatic N) is 4. The number of aldehydes is 1. The zero-order valence-corrected chi connectivity index (χ0v) is 15.4. The number of alkyl halides is 3. The quantitative estimate of drug-likeness (QED) is 0.562. The van der Waals surface area contributed by atoms with Crippen molar-refractivity contribution in [2.24, 2.45) is 0 Å². The van der Waals surface area contributed by atoms with Crippen molar-refractivity contribution in [3.63, 3.8) is 0 Å². The first-order valence-electron chi connectivity index (χ1n) is 8.91. The summed E-state index contributed by atoms with van der Waals surface area (Å²) in [6, 6.07) is 4.71. The molecule has 7 nitrogen and oxygen atoms in total. The second kappa shape index (κ2) is 8.91. The SMILES string of the molecule is O=CC(=CN1CCN(c2nccnc2Nc2ccc(C(F)(F)F)cc2)CC1)CO. The average molecular weight is 407 g/mol. The van der Waals surface area contributed by atoms with E-state index in [1.54, 1.807) is 12.4 Å². The third-order valence-electron chi connectivity index (χ3n) is 4.45. The summed E-state index contributed by atoms with van der Waals surface area (Å²) in [6.07, 6.45) is 0.940. The maximum atomic E-state index is 12.7. The molecule has 0 radical (unpaired) electrons. The lowest BCUT2D eigenvalue weighted by Gasteiger charge is -2.35. The molecule has 1 aromatic heterocycles. The van der Waals surface area contributed by atoms with Gasteiger partial charge in [0.05, 0.1) is 12.2 Å². The molecule has 1 saturated heterocycles. The number of piperazine rings is 1. The van der Waals surface area contributed by atoms with E-state index < -0.39 is 11.7 Å². The van der Waals surface area contributed by atoms with Gasteiger partial charge in [0.1, 0.15) is 6.29 Å². The summed E-state index contributed by atoms with van der Waals surface area (Å²) in [5, 5.41) is 12.1. The molecule has 1 aliphatic rings. The smallest absolute Gasteiger partial charge is 0.391 e. The summed E-state index contributed by atoms with van der Waals surface area (Å²) in [6.45, 7) is 2.14. The van der Waals surface area contributed by atoms with Crippen LogP contribution in [0.15, 0.2) is 48.4 Å². The molecule has 0 aliphatic carbocycles. The van der Waals surface area contributed by atoms with Gasteiger partial charge in [0.2, 0.25) is 0 Å². The van der Waals surface area contributed by atoms with Gasteiger partial charge < -0.3 is 20.2 Å². The van der Waals surface area contributed by atoms with Crippen LogP contribution in [0.4, 0.5) is 30.5 Å². The normalized spacial score (nSPS) is 15.4. The molecule has 2 heterocycles. The third kappa shape index (κ3) is 5.23. The van der Waals surface area contributed by atoms with E-state index in [-0.39, 0.29) is 6.61 Å². The highest BCUT2D eigenvalue weighted by molar-refractivity contribution is 5.73. The van der Waals surface area contributed by atoms with Crippen LogP contribution in [0.1, 0.15) is 5.56 Å². The van der Waals surface area contributed by atoms with Gasteiger partial charge >= 0.3 is 6.18 Å². The number of rotatable bonds is 6. The molecule has 154 valence electrons. The van der Waals surface area contributed by atoms with Crippen molar-refractivity contribution in [3.05, 3.63) is 54.0 Å². The van der Waals surface area contributed by atoms with Crippen molar-refractivity contribution in [3.8, 4) is 0 Å². The van der Waals surface area contributed by atoms with E-state index in [0.717, 1.165) is 12.1 Å². The molecule has 29 heavy (non-hydrogen) atoms. The Kier molecular flexibility index (Phi) is 6.32. The number of carbonyl (C=O) groups excluding carboxylic acids is 1. The van der Waals surface area contributed by atoms with Crippen LogP contribution in [-0.4, -0.2) is 59.0 Å². The molecule has 0 amide bonds. The number of benzene rings is 1. The summed E-state index contributed by atoms with van der Waals surface area (Å²) in [5.41, 5.74) is 0.0617. The van der Waals surface area contributed by atoms with Crippen LogP contribution in [-0.2, 0) is 11.0 Å². The zero-order chi connectivity index (χ0) is 20.9. The van der Waals surface area contributed by atoms with Gasteiger partial charge in [-0.3, -0.25) is 4.79 Å². The molecule has 0 bridgehead atoms. The standard InChI is InChI=1S/C19H20F3N5O2/c20-19(21,22)15-1-3-16(4-2-15)25-17-18(24-6-5-23-17)27-9-7-26(8-10-27)11-14(12-28)13-29/h1-6,11-12,29H,7-10,13H2,(H,23,25). The molecule has 1 aliphatic heterocycles. The van der Waals surface area contributed by atoms with Crippen LogP contribution < -0.4 is 10.2 Å². The lowest BCUT2D eigenvalue weighted by molar-refractivity contribution is -0.137. The number of halogens is 3. The van der Waals surface area contributed by atoms with Crippen molar-refractivity contribution in [1.29, 1.82) is 0 Å². The van der Waals surface area contributed by atoms with E-state index in [0.29, 0.717) is 55.4 Å². The van der Waals surface area contributed by atoms with Gasteiger partial charge in [-0.25, -0.2) is 9.97 Å². The lowest BCUT2D eigenvalue weighted by atomic mass is 10.2. The van der Waals surface area contributed by atoms with Crippen molar-refractivity contribution in [2.75, 3.05) is 43.0 Å². The fourth-order valence-electron chi connectivity index (χ4n) is 2.94. The van der Waals surface area contributed by atoms with E-state index in [1.807, 2.05) is 9.80 Å². The largest absolute Gasteiger partial charge is 0.416 e. The first kappa shape index (κ1) is 20.6. The fourth-order valence-corrected chi connectivity index (χ4v) is 2.94. The second-order valence-corrected chi connectivity index (χ2v) is 6.43. The van der Waals surface area contributed by atoms with E-state index in [1.165, 1.54) is 18.3 Å². The summed E-state index contributed by atoms with van der Waals surface area (Å²) >= 11 is 0. The maximum absolute atomic E-state index is 12.7. The Morgan fingerprint density at radius 1 is 1.10 bits per heavy atom. The molecule has 0 spiro atoms. The highest BCUT2D eigenvalue weighted by Crippen LogP contribution is 2.31. The minimum Gasteiger partial charge on any atom is -0.391 e.